The van der Waals surface area contributed by atoms with Gasteiger partial charge in [-0.25, -0.2) is 14.8 Å². The summed E-state index contributed by atoms with van der Waals surface area (Å²) < 4.78 is 47.1. The number of pyridine rings is 1. The Morgan fingerprint density at radius 1 is 1.08 bits per heavy atom. The highest BCUT2D eigenvalue weighted by molar-refractivity contribution is 5.78. The molecular formula is C24H23F3N8O2. The molecule has 3 N–H and O–H groups in total. The number of benzene rings is 1. The number of halogens is 3. The Hall–Kier alpha value is -4.13. The van der Waals surface area contributed by atoms with Crippen LogP contribution in [0.2, 0.25) is 0 Å². The summed E-state index contributed by atoms with van der Waals surface area (Å²) in [5, 5.41) is 5.99. The highest BCUT2D eigenvalue weighted by Crippen LogP contribution is 2.41. The molecule has 6 rings (SSSR count). The maximum atomic E-state index is 14.0. The number of anilines is 5. The fourth-order valence-corrected chi connectivity index (χ4v) is 5.01. The van der Waals surface area contributed by atoms with Gasteiger partial charge < -0.3 is 20.0 Å². The second-order valence-electron chi connectivity index (χ2n) is 9.43. The minimum absolute atomic E-state index is 0.0237. The van der Waals surface area contributed by atoms with E-state index in [-0.39, 0.29) is 29.5 Å². The van der Waals surface area contributed by atoms with Crippen molar-refractivity contribution in [3.05, 3.63) is 58.3 Å². The molecule has 0 spiro atoms. The second-order valence-corrected chi connectivity index (χ2v) is 9.43. The molecule has 0 radical (unpaired) electrons. The Balaban J connectivity index is 1.26. The molecule has 0 saturated carbocycles. The van der Waals surface area contributed by atoms with Gasteiger partial charge in [0.05, 0.1) is 17.4 Å². The van der Waals surface area contributed by atoms with Gasteiger partial charge in [0.2, 0.25) is 5.95 Å². The fraction of sp³-hybridized carbons (Fsp3) is 0.333. The number of fused-ring (bicyclic) bond motifs is 3. The number of likely N-dealkylation sites (N-methyl/N-ethyl adjacent to an activating group) is 1. The van der Waals surface area contributed by atoms with E-state index in [1.54, 1.807) is 36.2 Å². The fourth-order valence-electron chi connectivity index (χ4n) is 5.01. The lowest BCUT2D eigenvalue weighted by atomic mass is 10.2. The van der Waals surface area contributed by atoms with E-state index in [0.29, 0.717) is 34.7 Å². The van der Waals surface area contributed by atoms with Crippen LogP contribution in [0.3, 0.4) is 0 Å². The van der Waals surface area contributed by atoms with Gasteiger partial charge in [-0.05, 0) is 44.7 Å². The molecule has 192 valence electrons. The molecule has 0 unspecified atom stereocenters. The molecule has 2 aliphatic rings. The SMILES string of the molecule is Cc1cnc(Nc2cnc(N3C[C@@H]4C[C@H]3CN4C)c(C(F)(F)F)c2)nc1Nc1ccc2oc(=O)[nH]c2c1. The Morgan fingerprint density at radius 2 is 1.92 bits per heavy atom. The van der Waals surface area contributed by atoms with Gasteiger partial charge in [-0.3, -0.25) is 9.88 Å². The zero-order valence-electron chi connectivity index (χ0n) is 19.9. The van der Waals surface area contributed by atoms with E-state index >= 15 is 0 Å². The van der Waals surface area contributed by atoms with Crippen LogP contribution in [-0.4, -0.2) is 57.1 Å². The van der Waals surface area contributed by atoms with Crippen molar-refractivity contribution in [3.8, 4) is 0 Å². The molecule has 10 nitrogen and oxygen atoms in total. The van der Waals surface area contributed by atoms with E-state index in [0.717, 1.165) is 19.0 Å². The normalized spacial score (nSPS) is 19.6. The van der Waals surface area contributed by atoms with Gasteiger partial charge in [0.15, 0.2) is 5.58 Å². The molecule has 13 heteroatoms. The summed E-state index contributed by atoms with van der Waals surface area (Å²) >= 11 is 0. The molecule has 5 heterocycles. The number of oxazole rings is 1. The van der Waals surface area contributed by atoms with Crippen LogP contribution in [0.1, 0.15) is 17.5 Å². The summed E-state index contributed by atoms with van der Waals surface area (Å²) in [5.74, 6) is -0.0475. The first kappa shape index (κ1) is 23.3. The van der Waals surface area contributed by atoms with Crippen molar-refractivity contribution < 1.29 is 17.6 Å². The van der Waals surface area contributed by atoms with Gasteiger partial charge >= 0.3 is 11.9 Å². The first-order valence-electron chi connectivity index (χ1n) is 11.7. The highest BCUT2D eigenvalue weighted by Gasteiger charge is 2.45. The van der Waals surface area contributed by atoms with E-state index < -0.39 is 17.5 Å². The van der Waals surface area contributed by atoms with Gasteiger partial charge in [-0.15, -0.1) is 0 Å². The number of likely N-dealkylation sites (tertiary alicyclic amines) is 1. The van der Waals surface area contributed by atoms with Crippen LogP contribution >= 0.6 is 0 Å². The molecule has 2 bridgehead atoms. The summed E-state index contributed by atoms with van der Waals surface area (Å²) in [6.07, 6.45) is -0.799. The number of nitrogens with zero attached hydrogens (tertiary/aromatic N) is 5. The summed E-state index contributed by atoms with van der Waals surface area (Å²) in [6.45, 7) is 3.04. The van der Waals surface area contributed by atoms with Gasteiger partial charge in [0.25, 0.3) is 0 Å². The van der Waals surface area contributed by atoms with Crippen LogP contribution in [0.15, 0.2) is 45.9 Å². The average molecular weight is 512 g/mol. The van der Waals surface area contributed by atoms with Crippen LogP contribution in [0.4, 0.5) is 42.1 Å². The average Bonchev–Trinajstić information content (AvgIpc) is 3.53. The molecule has 3 aromatic heterocycles. The number of H-pyrrole nitrogens is 1. The Morgan fingerprint density at radius 3 is 2.65 bits per heavy atom. The Bertz CT molecular complexity index is 1550. The highest BCUT2D eigenvalue weighted by atomic mass is 19.4. The maximum Gasteiger partial charge on any atom is 0.420 e. The van der Waals surface area contributed by atoms with E-state index in [1.807, 2.05) is 7.05 Å². The summed E-state index contributed by atoms with van der Waals surface area (Å²) in [4.78, 5) is 30.8. The van der Waals surface area contributed by atoms with Crippen molar-refractivity contribution in [2.24, 2.45) is 0 Å². The van der Waals surface area contributed by atoms with Crippen molar-refractivity contribution >= 4 is 40.1 Å². The molecule has 2 saturated heterocycles. The lowest BCUT2D eigenvalue weighted by molar-refractivity contribution is -0.137. The van der Waals surface area contributed by atoms with Crippen molar-refractivity contribution in [1.29, 1.82) is 0 Å². The number of hydrogen-bond donors (Lipinski definition) is 3. The van der Waals surface area contributed by atoms with E-state index in [9.17, 15) is 18.0 Å². The van der Waals surface area contributed by atoms with Crippen LogP contribution in [0.5, 0.6) is 0 Å². The summed E-state index contributed by atoms with van der Waals surface area (Å²) in [7, 11) is 1.99. The lowest BCUT2D eigenvalue weighted by Crippen LogP contribution is -2.45. The van der Waals surface area contributed by atoms with Crippen molar-refractivity contribution in [1.82, 2.24) is 24.8 Å². The number of aryl methyl sites for hydroxylation is 1. The topological polar surface area (TPSA) is 115 Å². The monoisotopic (exact) mass is 512 g/mol. The molecule has 37 heavy (non-hydrogen) atoms. The quantitative estimate of drug-likeness (QED) is 0.365. The van der Waals surface area contributed by atoms with E-state index in [2.05, 4.69) is 35.5 Å². The standard InChI is InChI=1S/C24H23F3N8O2/c1-12-8-29-22(33-20(12)30-13-3-4-19-18(6-13)32-23(36)37-19)31-14-5-17(24(25,26)27)21(28-9-14)35-11-15-7-16(35)10-34(15)2/h3-6,8-9,15-16H,7,10-11H2,1-2H3,(H,32,36)(H2,29,30,31,33)/t15-,16-/m0/s1. The van der Waals surface area contributed by atoms with Gasteiger partial charge in [0, 0.05) is 42.6 Å². The maximum absolute atomic E-state index is 14.0. The minimum atomic E-state index is -4.57. The molecule has 4 aromatic rings. The number of nitrogens with one attached hydrogen (secondary N) is 3. The zero-order valence-corrected chi connectivity index (χ0v) is 19.9. The predicted octanol–water partition coefficient (Wildman–Crippen LogP) is 4.01. The molecule has 2 atom stereocenters. The summed E-state index contributed by atoms with van der Waals surface area (Å²) in [5.41, 5.74) is 1.62. The first-order valence-corrected chi connectivity index (χ1v) is 11.7. The molecular weight excluding hydrogens is 489 g/mol. The number of hydrogen-bond acceptors (Lipinski definition) is 9. The third kappa shape index (κ3) is 4.35. The molecule has 2 fully saturated rings. The Labute approximate surface area is 208 Å². The van der Waals surface area contributed by atoms with Crippen molar-refractivity contribution in [2.75, 3.05) is 35.7 Å². The number of alkyl halides is 3. The van der Waals surface area contributed by atoms with Crippen LogP contribution < -0.4 is 21.3 Å². The number of rotatable bonds is 5. The zero-order chi connectivity index (χ0) is 25.9. The lowest BCUT2D eigenvalue weighted by Gasteiger charge is -2.34. The van der Waals surface area contributed by atoms with Crippen LogP contribution in [0, 0.1) is 6.92 Å². The van der Waals surface area contributed by atoms with Crippen molar-refractivity contribution in [2.45, 2.75) is 31.6 Å². The third-order valence-electron chi connectivity index (χ3n) is 6.87. The number of piperazine rings is 1. The molecule has 2 aliphatic heterocycles. The van der Waals surface area contributed by atoms with Crippen molar-refractivity contribution in [3.63, 3.8) is 0 Å². The van der Waals surface area contributed by atoms with Gasteiger partial charge in [-0.1, -0.05) is 0 Å². The largest absolute Gasteiger partial charge is 0.420 e. The minimum Gasteiger partial charge on any atom is -0.408 e. The van der Waals surface area contributed by atoms with Crippen LogP contribution in [-0.2, 0) is 6.18 Å². The van der Waals surface area contributed by atoms with Gasteiger partial charge in [-0.2, -0.15) is 18.2 Å². The number of aromatic nitrogens is 4. The van der Waals surface area contributed by atoms with Crippen LogP contribution in [0.25, 0.3) is 11.1 Å². The Kier molecular flexibility index (Phi) is 5.33. The van der Waals surface area contributed by atoms with E-state index in [4.69, 9.17) is 4.42 Å². The van der Waals surface area contributed by atoms with Gasteiger partial charge in [0.1, 0.15) is 17.2 Å². The predicted molar refractivity (Wildman–Crippen MR) is 132 cm³/mol. The second kappa shape index (κ2) is 8.47. The molecule has 0 amide bonds. The first-order chi connectivity index (χ1) is 17.6. The molecule has 1 aromatic carbocycles. The third-order valence-corrected chi connectivity index (χ3v) is 6.87. The summed E-state index contributed by atoms with van der Waals surface area (Å²) in [6, 6.07) is 6.37. The van der Waals surface area contributed by atoms with E-state index in [1.165, 1.54) is 6.20 Å². The number of aromatic amines is 1. The smallest absolute Gasteiger partial charge is 0.408 e. The molecule has 0 aliphatic carbocycles.